The zero-order chi connectivity index (χ0) is 17.4. The number of halogens is 3. The Hall–Kier alpha value is -2.39. The van der Waals surface area contributed by atoms with Gasteiger partial charge in [0.05, 0.1) is 16.0 Å². The van der Waals surface area contributed by atoms with E-state index >= 15 is 0 Å². The minimum absolute atomic E-state index is 0.130. The molecule has 0 fully saturated rings. The van der Waals surface area contributed by atoms with E-state index in [1.807, 2.05) is 0 Å². The normalized spacial score (nSPS) is 12.2. The van der Waals surface area contributed by atoms with Gasteiger partial charge in [-0.15, -0.1) is 0 Å². The lowest BCUT2D eigenvalue weighted by atomic mass is 9.94. The Bertz CT molecular complexity index is 877. The Balaban J connectivity index is 2.89. The lowest BCUT2D eigenvalue weighted by Crippen LogP contribution is -2.21. The second-order valence-corrected chi connectivity index (χ2v) is 6.16. The van der Waals surface area contributed by atoms with Crippen LogP contribution in [0.5, 0.6) is 0 Å². The summed E-state index contributed by atoms with van der Waals surface area (Å²) in [5, 5.41) is 5.08. The van der Waals surface area contributed by atoms with Gasteiger partial charge in [-0.2, -0.15) is 13.2 Å². The Labute approximate surface area is 129 Å². The molecule has 0 aliphatic rings. The van der Waals surface area contributed by atoms with Crippen LogP contribution in [0.2, 0.25) is 0 Å². The molecule has 122 valence electrons. The van der Waals surface area contributed by atoms with E-state index in [0.717, 1.165) is 12.1 Å². The van der Waals surface area contributed by atoms with Gasteiger partial charge in [0.1, 0.15) is 0 Å². The number of nitrogens with two attached hydrogens (primary N) is 2. The van der Waals surface area contributed by atoms with E-state index in [2.05, 4.69) is 0 Å². The minimum Gasteiger partial charge on any atom is -0.366 e. The molecule has 0 heterocycles. The van der Waals surface area contributed by atoms with Crippen molar-refractivity contribution in [3.63, 3.8) is 0 Å². The lowest BCUT2D eigenvalue weighted by molar-refractivity contribution is -0.137. The summed E-state index contributed by atoms with van der Waals surface area (Å²) in [6, 6.07) is 8.10. The van der Waals surface area contributed by atoms with Gasteiger partial charge < -0.3 is 5.73 Å². The zero-order valence-electron chi connectivity index (χ0n) is 11.5. The molecule has 2 aromatic carbocycles. The molecule has 2 rings (SSSR count). The van der Waals surface area contributed by atoms with Crippen LogP contribution in [0.4, 0.5) is 13.2 Å². The average Bonchev–Trinajstić information content (AvgIpc) is 2.44. The lowest BCUT2D eigenvalue weighted by Gasteiger charge is -2.16. The largest absolute Gasteiger partial charge is 0.417 e. The third-order valence-electron chi connectivity index (χ3n) is 3.10. The van der Waals surface area contributed by atoms with E-state index in [1.54, 1.807) is 0 Å². The van der Waals surface area contributed by atoms with Gasteiger partial charge in [-0.05, 0) is 17.7 Å². The molecule has 0 bridgehead atoms. The quantitative estimate of drug-likeness (QED) is 0.891. The van der Waals surface area contributed by atoms with Crippen LogP contribution in [0.25, 0.3) is 11.1 Å². The summed E-state index contributed by atoms with van der Waals surface area (Å²) in [4.78, 5) is 11.2. The number of hydrogen-bond acceptors (Lipinski definition) is 3. The van der Waals surface area contributed by atoms with Crippen molar-refractivity contribution >= 4 is 15.9 Å². The summed E-state index contributed by atoms with van der Waals surface area (Å²) < 4.78 is 62.5. The molecule has 0 saturated heterocycles. The Morgan fingerprint density at radius 3 is 2.04 bits per heavy atom. The molecule has 0 aromatic heterocycles. The van der Waals surface area contributed by atoms with E-state index in [9.17, 15) is 26.4 Å². The van der Waals surface area contributed by atoms with E-state index in [1.165, 1.54) is 24.3 Å². The van der Waals surface area contributed by atoms with Gasteiger partial charge in [-0.3, -0.25) is 4.79 Å². The van der Waals surface area contributed by atoms with Crippen molar-refractivity contribution in [2.75, 3.05) is 0 Å². The Kier molecular flexibility index (Phi) is 4.18. The van der Waals surface area contributed by atoms with Crippen molar-refractivity contribution in [2.24, 2.45) is 10.9 Å². The molecule has 2 aromatic rings. The third-order valence-corrected chi connectivity index (χ3v) is 4.07. The van der Waals surface area contributed by atoms with Crippen LogP contribution in [0.1, 0.15) is 15.9 Å². The van der Waals surface area contributed by atoms with Crippen molar-refractivity contribution in [2.45, 2.75) is 11.1 Å². The highest BCUT2D eigenvalue weighted by Gasteiger charge is 2.36. The van der Waals surface area contributed by atoms with Crippen molar-refractivity contribution in [3.05, 3.63) is 53.6 Å². The Morgan fingerprint density at radius 2 is 1.52 bits per heavy atom. The van der Waals surface area contributed by atoms with Crippen LogP contribution < -0.4 is 10.9 Å². The molecular formula is C14H11F3N2O3S. The third kappa shape index (κ3) is 3.35. The fourth-order valence-electron chi connectivity index (χ4n) is 2.22. The van der Waals surface area contributed by atoms with Gasteiger partial charge in [0.2, 0.25) is 15.9 Å². The number of amides is 1. The number of primary sulfonamides is 1. The highest BCUT2D eigenvalue weighted by Crippen LogP contribution is 2.38. The highest BCUT2D eigenvalue weighted by molar-refractivity contribution is 7.89. The molecule has 1 amide bonds. The maximum Gasteiger partial charge on any atom is 0.417 e. The maximum atomic E-state index is 13.1. The van der Waals surface area contributed by atoms with Gasteiger partial charge in [-0.25, -0.2) is 13.6 Å². The van der Waals surface area contributed by atoms with E-state index in [0.29, 0.717) is 6.07 Å². The van der Waals surface area contributed by atoms with Crippen LogP contribution in [-0.2, 0) is 16.2 Å². The molecule has 0 radical (unpaired) electrons. The van der Waals surface area contributed by atoms with Crippen molar-refractivity contribution in [3.8, 4) is 11.1 Å². The van der Waals surface area contributed by atoms with Gasteiger partial charge in [0.25, 0.3) is 0 Å². The summed E-state index contributed by atoms with van der Waals surface area (Å²) in [5.74, 6) is -1.32. The predicted octanol–water partition coefficient (Wildman–Crippen LogP) is 2.12. The monoisotopic (exact) mass is 344 g/mol. The van der Waals surface area contributed by atoms with Crippen LogP contribution in [-0.4, -0.2) is 14.3 Å². The summed E-state index contributed by atoms with van der Waals surface area (Å²) in [6.45, 7) is 0. The number of benzene rings is 2. The molecule has 0 unspecified atom stereocenters. The average molecular weight is 344 g/mol. The molecule has 9 heteroatoms. The van der Waals surface area contributed by atoms with Crippen molar-refractivity contribution < 1.29 is 26.4 Å². The van der Waals surface area contributed by atoms with Crippen LogP contribution in [0.3, 0.4) is 0 Å². The molecule has 0 atom stereocenters. The number of primary amides is 1. The molecule has 4 N–H and O–H groups in total. The number of alkyl halides is 3. The standard InChI is InChI=1S/C14H11F3N2O3S/c15-14(16,17)10-6-3-5-9(12(10)13(18)20)8-4-1-2-7-11(8)23(19,21)22/h1-7H,(H2,18,20)(H2,19,21,22). The van der Waals surface area contributed by atoms with E-state index in [4.69, 9.17) is 10.9 Å². The predicted molar refractivity (Wildman–Crippen MR) is 76.8 cm³/mol. The second-order valence-electron chi connectivity index (χ2n) is 4.63. The first kappa shape index (κ1) is 17.0. The van der Waals surface area contributed by atoms with Gasteiger partial charge in [0.15, 0.2) is 0 Å². The summed E-state index contributed by atoms with van der Waals surface area (Å²) in [7, 11) is -4.21. The summed E-state index contributed by atoms with van der Waals surface area (Å²) in [5.41, 5.74) is 2.65. The van der Waals surface area contributed by atoms with Crippen LogP contribution in [0.15, 0.2) is 47.4 Å². The molecule has 0 aliphatic heterocycles. The topological polar surface area (TPSA) is 103 Å². The molecule has 0 spiro atoms. The van der Waals surface area contributed by atoms with E-state index in [-0.39, 0.29) is 11.1 Å². The Morgan fingerprint density at radius 1 is 0.957 bits per heavy atom. The maximum absolute atomic E-state index is 13.1. The first-order chi connectivity index (χ1) is 10.5. The van der Waals surface area contributed by atoms with Gasteiger partial charge in [-0.1, -0.05) is 30.3 Å². The smallest absolute Gasteiger partial charge is 0.366 e. The molecule has 5 nitrogen and oxygen atoms in total. The number of hydrogen-bond donors (Lipinski definition) is 2. The number of rotatable bonds is 3. The fraction of sp³-hybridized carbons (Fsp3) is 0.0714. The number of sulfonamides is 1. The molecule has 0 saturated carbocycles. The highest BCUT2D eigenvalue weighted by atomic mass is 32.2. The van der Waals surface area contributed by atoms with E-state index < -0.39 is 38.1 Å². The van der Waals surface area contributed by atoms with Gasteiger partial charge >= 0.3 is 6.18 Å². The van der Waals surface area contributed by atoms with Crippen molar-refractivity contribution in [1.82, 2.24) is 0 Å². The first-order valence-corrected chi connectivity index (χ1v) is 7.70. The molecular weight excluding hydrogens is 333 g/mol. The molecule has 23 heavy (non-hydrogen) atoms. The fourth-order valence-corrected chi connectivity index (χ4v) is 2.97. The van der Waals surface area contributed by atoms with Crippen LogP contribution in [0, 0.1) is 0 Å². The summed E-state index contributed by atoms with van der Waals surface area (Å²) >= 11 is 0. The first-order valence-electron chi connectivity index (χ1n) is 6.15. The summed E-state index contributed by atoms with van der Waals surface area (Å²) in [6.07, 6.45) is -4.82. The number of carbonyl (C=O) groups excluding carboxylic acids is 1. The SMILES string of the molecule is NC(=O)c1c(-c2ccccc2S(N)(=O)=O)cccc1C(F)(F)F. The number of carbonyl (C=O) groups is 1. The second kappa shape index (κ2) is 5.67. The van der Waals surface area contributed by atoms with Gasteiger partial charge in [0, 0.05) is 5.56 Å². The van der Waals surface area contributed by atoms with Crippen LogP contribution >= 0.6 is 0 Å². The molecule has 0 aliphatic carbocycles. The zero-order valence-corrected chi connectivity index (χ0v) is 12.3. The minimum atomic E-state index is -4.82. The van der Waals surface area contributed by atoms with Crippen molar-refractivity contribution in [1.29, 1.82) is 0 Å².